The van der Waals surface area contributed by atoms with E-state index in [4.69, 9.17) is 33.0 Å². The van der Waals surface area contributed by atoms with Gasteiger partial charge in [0.05, 0.1) is 11.6 Å². The Kier molecular flexibility index (Phi) is 4.78. The topological polar surface area (TPSA) is 79.4 Å². The van der Waals surface area contributed by atoms with Crippen molar-refractivity contribution in [2.75, 3.05) is 6.61 Å². The van der Waals surface area contributed by atoms with E-state index in [-0.39, 0.29) is 17.9 Å². The second-order valence-electron chi connectivity index (χ2n) is 4.58. The summed E-state index contributed by atoms with van der Waals surface area (Å²) in [6, 6.07) is 3.14. The van der Waals surface area contributed by atoms with Gasteiger partial charge in [0.1, 0.15) is 5.69 Å². The first-order valence-corrected chi connectivity index (χ1v) is 7.20. The van der Waals surface area contributed by atoms with Gasteiger partial charge in [0.15, 0.2) is 0 Å². The number of esters is 1. The first-order chi connectivity index (χ1) is 10.3. The van der Waals surface area contributed by atoms with Gasteiger partial charge in [-0.25, -0.2) is 9.59 Å². The molecule has 2 rings (SSSR count). The van der Waals surface area contributed by atoms with E-state index in [1.807, 2.05) is 0 Å². The molecule has 0 aliphatic rings. The van der Waals surface area contributed by atoms with Crippen molar-refractivity contribution in [2.24, 2.45) is 0 Å². The molecule has 0 aliphatic heterocycles. The van der Waals surface area contributed by atoms with Gasteiger partial charge in [0, 0.05) is 27.1 Å². The second-order valence-corrected chi connectivity index (χ2v) is 5.42. The molecule has 1 aromatic heterocycles. The first kappa shape index (κ1) is 16.4. The molecule has 2 aromatic rings. The van der Waals surface area contributed by atoms with Crippen LogP contribution in [0.3, 0.4) is 0 Å². The van der Waals surface area contributed by atoms with Crippen LogP contribution in [0, 0.1) is 0 Å². The summed E-state index contributed by atoms with van der Waals surface area (Å²) in [6.07, 6.45) is 1.38. The average Bonchev–Trinajstić information content (AvgIpc) is 2.77. The molecule has 0 bridgehead atoms. The standard InChI is InChI=1S/C15H13Cl2NO4/c1-3-22-15(21)13-9(4-7(2)14(19)20)12-10(17)5-8(16)6-11(12)18-13/h4-6,18H,3H2,1-2H3,(H,19,20)/b7-4+. The monoisotopic (exact) mass is 341 g/mol. The summed E-state index contributed by atoms with van der Waals surface area (Å²) in [5.74, 6) is -1.68. The van der Waals surface area contributed by atoms with Crippen LogP contribution in [0.1, 0.15) is 29.9 Å². The Balaban J connectivity index is 2.78. The number of carbonyl (C=O) groups is 2. The summed E-state index contributed by atoms with van der Waals surface area (Å²) in [7, 11) is 0. The molecule has 22 heavy (non-hydrogen) atoms. The molecule has 116 valence electrons. The zero-order valence-corrected chi connectivity index (χ0v) is 13.4. The van der Waals surface area contributed by atoms with Crippen LogP contribution in [0.25, 0.3) is 17.0 Å². The maximum Gasteiger partial charge on any atom is 0.355 e. The molecule has 2 N–H and O–H groups in total. The molecule has 0 spiro atoms. The Morgan fingerprint density at radius 1 is 1.36 bits per heavy atom. The molecule has 0 amide bonds. The van der Waals surface area contributed by atoms with E-state index in [2.05, 4.69) is 4.98 Å². The Morgan fingerprint density at radius 3 is 2.64 bits per heavy atom. The number of hydrogen-bond donors (Lipinski definition) is 2. The number of aromatic nitrogens is 1. The van der Waals surface area contributed by atoms with E-state index in [1.54, 1.807) is 13.0 Å². The van der Waals surface area contributed by atoms with Crippen molar-refractivity contribution >= 4 is 52.1 Å². The molecule has 0 saturated heterocycles. The molecule has 0 unspecified atom stereocenters. The SMILES string of the molecule is CCOC(=O)c1[nH]c2cc(Cl)cc(Cl)c2c1/C=C(\C)C(=O)O. The van der Waals surface area contributed by atoms with E-state index in [0.717, 1.165) is 0 Å². The molecule has 0 aliphatic carbocycles. The summed E-state index contributed by atoms with van der Waals surface area (Å²) in [4.78, 5) is 26.0. The zero-order valence-electron chi connectivity index (χ0n) is 11.9. The summed E-state index contributed by atoms with van der Waals surface area (Å²) < 4.78 is 4.99. The number of aliphatic carboxylic acids is 1. The van der Waals surface area contributed by atoms with E-state index < -0.39 is 11.9 Å². The molecule has 0 fully saturated rings. The molecule has 1 aromatic carbocycles. The van der Waals surface area contributed by atoms with Gasteiger partial charge in [-0.05, 0) is 32.1 Å². The van der Waals surface area contributed by atoms with Crippen molar-refractivity contribution in [3.8, 4) is 0 Å². The molecular weight excluding hydrogens is 329 g/mol. The lowest BCUT2D eigenvalue weighted by Crippen LogP contribution is -2.07. The van der Waals surface area contributed by atoms with Crippen molar-refractivity contribution in [1.29, 1.82) is 0 Å². The van der Waals surface area contributed by atoms with E-state index in [9.17, 15) is 9.59 Å². The highest BCUT2D eigenvalue weighted by Gasteiger charge is 2.20. The van der Waals surface area contributed by atoms with Gasteiger partial charge in [-0.15, -0.1) is 0 Å². The van der Waals surface area contributed by atoms with Crippen LogP contribution in [0.2, 0.25) is 10.0 Å². The van der Waals surface area contributed by atoms with Gasteiger partial charge in [0.25, 0.3) is 0 Å². The maximum absolute atomic E-state index is 12.1. The number of halogens is 2. The lowest BCUT2D eigenvalue weighted by molar-refractivity contribution is -0.132. The Hall–Kier alpha value is -1.98. The third-order valence-corrected chi connectivity index (χ3v) is 3.55. The summed E-state index contributed by atoms with van der Waals surface area (Å²) >= 11 is 12.1. The van der Waals surface area contributed by atoms with Crippen molar-refractivity contribution in [3.05, 3.63) is 39.0 Å². The number of fused-ring (bicyclic) bond motifs is 1. The second kappa shape index (κ2) is 6.42. The number of rotatable bonds is 4. The predicted octanol–water partition coefficient (Wildman–Crippen LogP) is 4.14. The van der Waals surface area contributed by atoms with Crippen LogP contribution >= 0.6 is 23.2 Å². The predicted molar refractivity (Wildman–Crippen MR) is 85.6 cm³/mol. The fourth-order valence-electron chi connectivity index (χ4n) is 2.06. The minimum atomic E-state index is -1.09. The van der Waals surface area contributed by atoms with Crippen LogP contribution in [0.15, 0.2) is 17.7 Å². The number of carbonyl (C=O) groups excluding carboxylic acids is 1. The average molecular weight is 342 g/mol. The van der Waals surface area contributed by atoms with Crippen molar-refractivity contribution < 1.29 is 19.4 Å². The first-order valence-electron chi connectivity index (χ1n) is 6.44. The van der Waals surface area contributed by atoms with Gasteiger partial charge >= 0.3 is 11.9 Å². The van der Waals surface area contributed by atoms with Crippen LogP contribution in [-0.4, -0.2) is 28.6 Å². The number of aromatic amines is 1. The van der Waals surface area contributed by atoms with Gasteiger partial charge in [0.2, 0.25) is 0 Å². The quantitative estimate of drug-likeness (QED) is 0.646. The van der Waals surface area contributed by atoms with Crippen molar-refractivity contribution in [1.82, 2.24) is 4.98 Å². The summed E-state index contributed by atoms with van der Waals surface area (Å²) in [6.45, 7) is 3.31. The third kappa shape index (κ3) is 3.10. The number of hydrogen-bond acceptors (Lipinski definition) is 3. The molecule has 0 saturated carbocycles. The lowest BCUT2D eigenvalue weighted by atomic mass is 10.1. The Bertz CT molecular complexity index is 792. The highest BCUT2D eigenvalue weighted by molar-refractivity contribution is 6.39. The maximum atomic E-state index is 12.1. The van der Waals surface area contributed by atoms with E-state index in [0.29, 0.717) is 26.5 Å². The number of benzene rings is 1. The minimum Gasteiger partial charge on any atom is -0.478 e. The highest BCUT2D eigenvalue weighted by Crippen LogP contribution is 2.34. The molecule has 0 atom stereocenters. The van der Waals surface area contributed by atoms with E-state index >= 15 is 0 Å². The number of H-pyrrole nitrogens is 1. The van der Waals surface area contributed by atoms with Gasteiger partial charge in [-0.2, -0.15) is 0 Å². The van der Waals surface area contributed by atoms with Crippen molar-refractivity contribution in [3.63, 3.8) is 0 Å². The minimum absolute atomic E-state index is 0.0671. The number of ether oxygens (including phenoxy) is 1. The van der Waals surface area contributed by atoms with Crippen LogP contribution in [-0.2, 0) is 9.53 Å². The third-order valence-electron chi connectivity index (χ3n) is 3.03. The highest BCUT2D eigenvalue weighted by atomic mass is 35.5. The molecular formula is C15H13Cl2NO4. The number of carboxylic acid groups (broad SMARTS) is 1. The smallest absolute Gasteiger partial charge is 0.355 e. The largest absolute Gasteiger partial charge is 0.478 e. The Labute approximate surface area is 136 Å². The normalized spacial score (nSPS) is 11.7. The molecule has 1 heterocycles. The molecule has 0 radical (unpaired) electrons. The zero-order chi connectivity index (χ0) is 16.4. The van der Waals surface area contributed by atoms with Crippen LogP contribution < -0.4 is 0 Å². The molecule has 5 nitrogen and oxygen atoms in total. The number of nitrogens with one attached hydrogen (secondary N) is 1. The van der Waals surface area contributed by atoms with Crippen molar-refractivity contribution in [2.45, 2.75) is 13.8 Å². The van der Waals surface area contributed by atoms with Gasteiger partial charge in [-0.3, -0.25) is 0 Å². The Morgan fingerprint density at radius 2 is 2.05 bits per heavy atom. The summed E-state index contributed by atoms with van der Waals surface area (Å²) in [5.41, 5.74) is 1.11. The van der Waals surface area contributed by atoms with Gasteiger partial charge in [-0.1, -0.05) is 23.2 Å². The van der Waals surface area contributed by atoms with E-state index in [1.165, 1.54) is 19.1 Å². The van der Waals surface area contributed by atoms with Gasteiger partial charge < -0.3 is 14.8 Å². The molecule has 7 heteroatoms. The van der Waals surface area contributed by atoms with Crippen LogP contribution in [0.4, 0.5) is 0 Å². The number of carboxylic acids is 1. The lowest BCUT2D eigenvalue weighted by Gasteiger charge is -2.02. The fourth-order valence-corrected chi connectivity index (χ4v) is 2.65. The summed E-state index contributed by atoms with van der Waals surface area (Å²) in [5, 5.41) is 10.3. The van der Waals surface area contributed by atoms with Crippen LogP contribution in [0.5, 0.6) is 0 Å². The fraction of sp³-hybridized carbons (Fsp3) is 0.200.